The van der Waals surface area contributed by atoms with Gasteiger partial charge in [0.15, 0.2) is 0 Å². The number of nitriles is 1. The lowest BCUT2D eigenvalue weighted by Gasteiger charge is -2.12. The van der Waals surface area contributed by atoms with Crippen molar-refractivity contribution in [2.45, 2.75) is 12.8 Å². The fraction of sp³-hybridized carbons (Fsp3) is 0.0952. The van der Waals surface area contributed by atoms with Gasteiger partial charge in [-0.2, -0.15) is 5.26 Å². The van der Waals surface area contributed by atoms with Crippen molar-refractivity contribution < 1.29 is 4.79 Å². The molecule has 0 aliphatic heterocycles. The van der Waals surface area contributed by atoms with Crippen LogP contribution in [0.1, 0.15) is 32.9 Å². The van der Waals surface area contributed by atoms with Gasteiger partial charge in [-0.3, -0.25) is 4.79 Å². The van der Waals surface area contributed by atoms with Gasteiger partial charge in [0.1, 0.15) is 5.01 Å². The van der Waals surface area contributed by atoms with Gasteiger partial charge in [-0.25, -0.2) is 4.98 Å². The van der Waals surface area contributed by atoms with Gasteiger partial charge < -0.3 is 0 Å². The van der Waals surface area contributed by atoms with Gasteiger partial charge in [0.2, 0.25) is 5.78 Å². The summed E-state index contributed by atoms with van der Waals surface area (Å²) in [5, 5.41) is 9.77. The van der Waals surface area contributed by atoms with Crippen molar-refractivity contribution in [1.82, 2.24) is 4.98 Å². The van der Waals surface area contributed by atoms with Gasteiger partial charge >= 0.3 is 0 Å². The molecule has 0 fully saturated rings. The molecular formula is C21H14N2OS. The van der Waals surface area contributed by atoms with Crippen LogP contribution in [0.25, 0.3) is 16.6 Å². The minimum Gasteiger partial charge on any atom is -0.288 e. The number of allylic oxidation sites excluding steroid dienone is 1. The number of aromatic nitrogens is 1. The number of nitrogens with zero attached hydrogens (tertiary/aromatic N) is 2. The van der Waals surface area contributed by atoms with Crippen molar-refractivity contribution in [3.63, 3.8) is 0 Å². The van der Waals surface area contributed by atoms with Crippen LogP contribution < -0.4 is 0 Å². The van der Waals surface area contributed by atoms with Crippen molar-refractivity contribution in [1.29, 1.82) is 5.26 Å². The molecule has 0 N–H and O–H groups in total. The SMILES string of the molecule is N#Cc1ccc(/C=C2/CCc3nc(-c4ccccc4)sc3C2=O)cc1. The zero-order valence-electron chi connectivity index (χ0n) is 13.4. The molecule has 1 aliphatic rings. The largest absolute Gasteiger partial charge is 0.288 e. The highest BCUT2D eigenvalue weighted by molar-refractivity contribution is 7.17. The Hall–Kier alpha value is -3.03. The Bertz CT molecular complexity index is 1010. The molecule has 3 aromatic rings. The molecule has 0 atom stereocenters. The van der Waals surface area contributed by atoms with Crippen LogP contribution >= 0.6 is 11.3 Å². The second-order valence-corrected chi connectivity index (χ2v) is 6.89. The highest BCUT2D eigenvalue weighted by Crippen LogP contribution is 2.34. The molecule has 2 aromatic carbocycles. The number of ketones is 1. The van der Waals surface area contributed by atoms with E-state index >= 15 is 0 Å². The Morgan fingerprint density at radius 3 is 2.52 bits per heavy atom. The van der Waals surface area contributed by atoms with Crippen molar-refractivity contribution in [3.05, 3.63) is 81.9 Å². The smallest absolute Gasteiger partial charge is 0.200 e. The maximum absolute atomic E-state index is 12.8. The molecule has 4 rings (SSSR count). The Morgan fingerprint density at radius 1 is 1.04 bits per heavy atom. The van der Waals surface area contributed by atoms with E-state index in [4.69, 9.17) is 5.26 Å². The van der Waals surface area contributed by atoms with E-state index in [2.05, 4.69) is 11.1 Å². The first-order valence-corrected chi connectivity index (χ1v) is 8.87. The predicted octanol–water partition coefficient (Wildman–Crippen LogP) is 4.89. The maximum atomic E-state index is 12.8. The van der Waals surface area contributed by atoms with Crippen LogP contribution in [-0.2, 0) is 6.42 Å². The van der Waals surface area contributed by atoms with Crippen molar-refractivity contribution >= 4 is 23.2 Å². The molecule has 0 amide bonds. The topological polar surface area (TPSA) is 53.8 Å². The number of thiazole rings is 1. The van der Waals surface area contributed by atoms with Crippen LogP contribution in [-0.4, -0.2) is 10.8 Å². The lowest BCUT2D eigenvalue weighted by atomic mass is 9.94. The summed E-state index contributed by atoms with van der Waals surface area (Å²) < 4.78 is 0. The monoisotopic (exact) mass is 342 g/mol. The Morgan fingerprint density at radius 2 is 1.80 bits per heavy atom. The lowest BCUT2D eigenvalue weighted by Crippen LogP contribution is -2.12. The van der Waals surface area contributed by atoms with E-state index in [0.717, 1.165) is 38.7 Å². The number of fused-ring (bicyclic) bond motifs is 1. The van der Waals surface area contributed by atoms with Crippen molar-refractivity contribution in [3.8, 4) is 16.6 Å². The molecule has 0 saturated carbocycles. The second kappa shape index (κ2) is 6.46. The first-order valence-electron chi connectivity index (χ1n) is 8.05. The van der Waals surface area contributed by atoms with Gasteiger partial charge in [-0.1, -0.05) is 42.5 Å². The van der Waals surface area contributed by atoms with Crippen LogP contribution in [0, 0.1) is 11.3 Å². The van der Waals surface area contributed by atoms with Crippen LogP contribution in [0.4, 0.5) is 0 Å². The number of rotatable bonds is 2. The Balaban J connectivity index is 1.66. The average Bonchev–Trinajstić information content (AvgIpc) is 3.11. The van der Waals surface area contributed by atoms with Crippen molar-refractivity contribution in [2.75, 3.05) is 0 Å². The van der Waals surface area contributed by atoms with E-state index in [-0.39, 0.29) is 5.78 Å². The zero-order chi connectivity index (χ0) is 17.2. The number of carbonyl (C=O) groups is 1. The highest BCUT2D eigenvalue weighted by Gasteiger charge is 2.26. The van der Waals surface area contributed by atoms with E-state index in [1.165, 1.54) is 11.3 Å². The molecule has 1 heterocycles. The third-order valence-electron chi connectivity index (χ3n) is 4.23. The Labute approximate surface area is 149 Å². The fourth-order valence-electron chi connectivity index (χ4n) is 2.91. The standard InChI is InChI=1S/C21H14N2OS/c22-13-15-8-6-14(7-9-15)12-17-10-11-18-20(19(17)24)25-21(23-18)16-4-2-1-3-5-16/h1-9,12H,10-11H2/b17-12-. The van der Waals surface area contributed by atoms with Crippen LogP contribution in [0.2, 0.25) is 0 Å². The predicted molar refractivity (Wildman–Crippen MR) is 99.3 cm³/mol. The van der Waals surface area contributed by atoms with Gasteiger partial charge in [0, 0.05) is 11.1 Å². The summed E-state index contributed by atoms with van der Waals surface area (Å²) in [6, 6.07) is 19.3. The quantitative estimate of drug-likeness (QED) is 0.623. The number of carbonyl (C=O) groups excluding carboxylic acids is 1. The molecule has 25 heavy (non-hydrogen) atoms. The summed E-state index contributed by atoms with van der Waals surface area (Å²) in [6.07, 6.45) is 3.41. The molecule has 1 aliphatic carbocycles. The summed E-state index contributed by atoms with van der Waals surface area (Å²) in [4.78, 5) is 18.3. The summed E-state index contributed by atoms with van der Waals surface area (Å²) in [6.45, 7) is 0. The molecule has 0 saturated heterocycles. The fourth-order valence-corrected chi connectivity index (χ4v) is 4.00. The van der Waals surface area contributed by atoms with Gasteiger partial charge in [0.05, 0.1) is 22.2 Å². The number of aryl methyl sites for hydroxylation is 1. The minimum atomic E-state index is 0.0743. The number of hydrogen-bond donors (Lipinski definition) is 0. The Kier molecular flexibility index (Phi) is 4.01. The summed E-state index contributed by atoms with van der Waals surface area (Å²) in [5.41, 5.74) is 4.33. The minimum absolute atomic E-state index is 0.0743. The summed E-state index contributed by atoms with van der Waals surface area (Å²) in [5.74, 6) is 0.0743. The summed E-state index contributed by atoms with van der Waals surface area (Å²) >= 11 is 1.47. The molecule has 4 heteroatoms. The van der Waals surface area contributed by atoms with Gasteiger partial charge in [-0.15, -0.1) is 11.3 Å². The first kappa shape index (κ1) is 15.5. The van der Waals surface area contributed by atoms with Crippen LogP contribution in [0.15, 0.2) is 60.2 Å². The third-order valence-corrected chi connectivity index (χ3v) is 5.37. The molecular weight excluding hydrogens is 328 g/mol. The molecule has 0 unspecified atom stereocenters. The molecule has 3 nitrogen and oxygen atoms in total. The van der Waals surface area contributed by atoms with E-state index < -0.39 is 0 Å². The van der Waals surface area contributed by atoms with Gasteiger partial charge in [-0.05, 0) is 36.6 Å². The normalized spacial score (nSPS) is 15.0. The van der Waals surface area contributed by atoms with E-state index in [9.17, 15) is 4.79 Å². The van der Waals surface area contributed by atoms with E-state index in [1.54, 1.807) is 12.1 Å². The highest BCUT2D eigenvalue weighted by atomic mass is 32.1. The average molecular weight is 342 g/mol. The second-order valence-electron chi connectivity index (χ2n) is 5.89. The third kappa shape index (κ3) is 3.02. The van der Waals surface area contributed by atoms with E-state index in [0.29, 0.717) is 12.0 Å². The lowest BCUT2D eigenvalue weighted by molar-refractivity contribution is 0.103. The first-order chi connectivity index (χ1) is 12.2. The van der Waals surface area contributed by atoms with Crippen molar-refractivity contribution in [2.24, 2.45) is 0 Å². The molecule has 0 bridgehead atoms. The number of hydrogen-bond acceptors (Lipinski definition) is 4. The molecule has 1 aromatic heterocycles. The zero-order valence-corrected chi connectivity index (χ0v) is 14.2. The molecule has 0 spiro atoms. The summed E-state index contributed by atoms with van der Waals surface area (Å²) in [7, 11) is 0. The number of benzene rings is 2. The molecule has 120 valence electrons. The van der Waals surface area contributed by atoms with Gasteiger partial charge in [0.25, 0.3) is 0 Å². The van der Waals surface area contributed by atoms with Crippen LogP contribution in [0.5, 0.6) is 0 Å². The maximum Gasteiger partial charge on any atom is 0.200 e. The number of Topliss-reactive ketones (excluding diaryl/α,β-unsaturated/α-hetero) is 1. The molecule has 0 radical (unpaired) electrons. The van der Waals surface area contributed by atoms with Crippen LogP contribution in [0.3, 0.4) is 0 Å². The van der Waals surface area contributed by atoms with E-state index in [1.807, 2.05) is 48.5 Å².